The van der Waals surface area contributed by atoms with Crippen LogP contribution in [0.3, 0.4) is 0 Å². The first-order valence-electron chi connectivity index (χ1n) is 8.17. The van der Waals surface area contributed by atoms with Gasteiger partial charge in [-0.15, -0.1) is 0 Å². The first-order valence-corrected chi connectivity index (χ1v) is 8.17. The third-order valence-corrected chi connectivity index (χ3v) is 3.86. The van der Waals surface area contributed by atoms with Gasteiger partial charge in [-0.1, -0.05) is 0 Å². The number of carbonyl (C=O) groups excluding carboxylic acids is 2. The number of carbonyl (C=O) groups is 2. The summed E-state index contributed by atoms with van der Waals surface area (Å²) in [7, 11) is 3.32. The van der Waals surface area contributed by atoms with Crippen molar-refractivity contribution in [1.29, 1.82) is 0 Å². The molecule has 0 aliphatic rings. The number of aryl methyl sites for hydroxylation is 2. The lowest BCUT2D eigenvalue weighted by atomic mass is 10.2. The Morgan fingerprint density at radius 3 is 2.36 bits per heavy atom. The van der Waals surface area contributed by atoms with Gasteiger partial charge in [0.25, 0.3) is 5.91 Å². The van der Waals surface area contributed by atoms with Crippen molar-refractivity contribution in [2.45, 2.75) is 33.9 Å². The molecule has 0 spiro atoms. The average molecular weight is 344 g/mol. The minimum absolute atomic E-state index is 0.210. The third kappa shape index (κ3) is 3.96. The molecule has 0 aromatic carbocycles. The molecule has 0 aliphatic heterocycles. The minimum atomic E-state index is -0.327. The molecule has 8 heteroatoms. The molecule has 134 valence electrons. The lowest BCUT2D eigenvalue weighted by Gasteiger charge is -2.13. The number of amides is 2. The van der Waals surface area contributed by atoms with Crippen LogP contribution in [0.1, 0.15) is 35.6 Å². The van der Waals surface area contributed by atoms with E-state index in [1.807, 2.05) is 25.5 Å². The van der Waals surface area contributed by atoms with Crippen molar-refractivity contribution in [2.24, 2.45) is 0 Å². The van der Waals surface area contributed by atoms with Gasteiger partial charge < -0.3 is 10.2 Å². The normalized spacial score (nSPS) is 11.1. The fourth-order valence-corrected chi connectivity index (χ4v) is 2.44. The van der Waals surface area contributed by atoms with E-state index < -0.39 is 0 Å². The summed E-state index contributed by atoms with van der Waals surface area (Å²) >= 11 is 0. The molecule has 2 amide bonds. The van der Waals surface area contributed by atoms with E-state index in [1.165, 1.54) is 17.2 Å². The number of rotatable bonds is 6. The Balaban J connectivity index is 2.18. The molecule has 0 atom stereocenters. The number of nitrogens with zero attached hydrogens (tertiary/aromatic N) is 5. The van der Waals surface area contributed by atoms with Gasteiger partial charge in [0.2, 0.25) is 5.91 Å². The summed E-state index contributed by atoms with van der Waals surface area (Å²) in [6, 6.07) is 0. The first kappa shape index (κ1) is 18.4. The van der Waals surface area contributed by atoms with E-state index in [0.29, 0.717) is 17.9 Å². The molecule has 25 heavy (non-hydrogen) atoms. The Hall–Kier alpha value is -2.90. The fraction of sp³-hybridized carbons (Fsp3) is 0.412. The second kappa shape index (κ2) is 7.78. The van der Waals surface area contributed by atoms with Gasteiger partial charge in [0, 0.05) is 44.5 Å². The summed E-state index contributed by atoms with van der Waals surface area (Å²) < 4.78 is 3.42. The molecule has 2 rings (SSSR count). The molecule has 0 saturated heterocycles. The summed E-state index contributed by atoms with van der Waals surface area (Å²) in [6.07, 6.45) is 6.35. The van der Waals surface area contributed by atoms with Crippen LogP contribution in [0.2, 0.25) is 0 Å². The number of hydrogen-bond donors (Lipinski definition) is 1. The summed E-state index contributed by atoms with van der Waals surface area (Å²) in [5.41, 5.74) is 2.64. The van der Waals surface area contributed by atoms with Crippen molar-refractivity contribution in [1.82, 2.24) is 24.5 Å². The van der Waals surface area contributed by atoms with Crippen LogP contribution < -0.4 is 5.32 Å². The minimum Gasteiger partial charge on any atom is -0.343 e. The van der Waals surface area contributed by atoms with Crippen LogP contribution >= 0.6 is 0 Å². The molecule has 0 fully saturated rings. The van der Waals surface area contributed by atoms with Crippen molar-refractivity contribution >= 4 is 23.6 Å². The zero-order valence-electron chi connectivity index (χ0n) is 15.3. The number of aromatic nitrogens is 4. The van der Waals surface area contributed by atoms with Gasteiger partial charge in [-0.25, -0.2) is 0 Å². The maximum absolute atomic E-state index is 12.3. The van der Waals surface area contributed by atoms with Gasteiger partial charge >= 0.3 is 0 Å². The zero-order valence-corrected chi connectivity index (χ0v) is 15.3. The van der Waals surface area contributed by atoms with Crippen molar-refractivity contribution in [3.05, 3.63) is 35.4 Å². The van der Waals surface area contributed by atoms with Crippen molar-refractivity contribution in [2.75, 3.05) is 19.4 Å². The molecule has 0 radical (unpaired) electrons. The molecule has 0 bridgehead atoms. The standard InChI is InChI=1S/C17H24N6O2/c1-6-22-12(3)13(10-18-22)8-9-15(24)20-14-11-19-23(7-2)16(14)17(25)21(4)5/h8-11H,6-7H2,1-5H3,(H,20,24)/b9-8+. The Kier molecular flexibility index (Phi) is 5.74. The van der Waals surface area contributed by atoms with Crippen LogP contribution in [0.25, 0.3) is 6.08 Å². The zero-order chi connectivity index (χ0) is 18.6. The molecule has 0 aliphatic carbocycles. The second-order valence-electron chi connectivity index (χ2n) is 5.75. The quantitative estimate of drug-likeness (QED) is 0.810. The van der Waals surface area contributed by atoms with E-state index in [4.69, 9.17) is 0 Å². The molecule has 8 nitrogen and oxygen atoms in total. The molecule has 0 unspecified atom stereocenters. The van der Waals surface area contributed by atoms with Gasteiger partial charge in [0.05, 0.1) is 18.1 Å². The van der Waals surface area contributed by atoms with Crippen molar-refractivity contribution in [3.63, 3.8) is 0 Å². The van der Waals surface area contributed by atoms with Crippen LogP contribution in [-0.2, 0) is 17.9 Å². The van der Waals surface area contributed by atoms with Crippen molar-refractivity contribution < 1.29 is 9.59 Å². The first-order chi connectivity index (χ1) is 11.9. The highest BCUT2D eigenvalue weighted by Gasteiger charge is 2.20. The predicted molar refractivity (Wildman–Crippen MR) is 96.2 cm³/mol. The second-order valence-corrected chi connectivity index (χ2v) is 5.75. The lowest BCUT2D eigenvalue weighted by Crippen LogP contribution is -2.26. The largest absolute Gasteiger partial charge is 0.343 e. The number of anilines is 1. The summed E-state index contributed by atoms with van der Waals surface area (Å²) in [5.74, 6) is -0.536. The molecule has 2 aromatic heterocycles. The van der Waals surface area contributed by atoms with E-state index in [9.17, 15) is 9.59 Å². The van der Waals surface area contributed by atoms with E-state index >= 15 is 0 Å². The molecule has 2 heterocycles. The summed E-state index contributed by atoms with van der Waals surface area (Å²) in [6.45, 7) is 7.16. The topological polar surface area (TPSA) is 85.0 Å². The van der Waals surface area contributed by atoms with E-state index in [-0.39, 0.29) is 11.8 Å². The fourth-order valence-electron chi connectivity index (χ4n) is 2.44. The van der Waals surface area contributed by atoms with Gasteiger partial charge in [-0.3, -0.25) is 19.0 Å². The Morgan fingerprint density at radius 2 is 1.80 bits per heavy atom. The maximum atomic E-state index is 12.3. The average Bonchev–Trinajstić information content (AvgIpc) is 3.15. The Morgan fingerprint density at radius 1 is 1.16 bits per heavy atom. The van der Waals surface area contributed by atoms with E-state index in [0.717, 1.165) is 17.8 Å². The molecular weight excluding hydrogens is 320 g/mol. The molecular formula is C17H24N6O2. The lowest BCUT2D eigenvalue weighted by molar-refractivity contribution is -0.111. The highest BCUT2D eigenvalue weighted by atomic mass is 16.2. The smallest absolute Gasteiger partial charge is 0.273 e. The highest BCUT2D eigenvalue weighted by molar-refractivity contribution is 6.06. The van der Waals surface area contributed by atoms with Gasteiger partial charge in [0.1, 0.15) is 5.69 Å². The van der Waals surface area contributed by atoms with Gasteiger partial charge in [0.15, 0.2) is 0 Å². The van der Waals surface area contributed by atoms with Crippen LogP contribution in [-0.4, -0.2) is 50.4 Å². The summed E-state index contributed by atoms with van der Waals surface area (Å²) in [5, 5.41) is 11.1. The highest BCUT2D eigenvalue weighted by Crippen LogP contribution is 2.17. The number of nitrogens with one attached hydrogen (secondary N) is 1. The third-order valence-electron chi connectivity index (χ3n) is 3.86. The van der Waals surface area contributed by atoms with Crippen LogP contribution in [0, 0.1) is 6.92 Å². The Bertz CT molecular complexity index is 800. The van der Waals surface area contributed by atoms with E-state index in [1.54, 1.807) is 31.1 Å². The summed E-state index contributed by atoms with van der Waals surface area (Å²) in [4.78, 5) is 26.0. The number of hydrogen-bond acceptors (Lipinski definition) is 4. The van der Waals surface area contributed by atoms with Crippen LogP contribution in [0.15, 0.2) is 18.5 Å². The van der Waals surface area contributed by atoms with Crippen molar-refractivity contribution in [3.8, 4) is 0 Å². The van der Waals surface area contributed by atoms with Crippen LogP contribution in [0.4, 0.5) is 5.69 Å². The molecule has 1 N–H and O–H groups in total. The molecule has 2 aromatic rings. The van der Waals surface area contributed by atoms with Gasteiger partial charge in [-0.05, 0) is 26.8 Å². The van der Waals surface area contributed by atoms with E-state index in [2.05, 4.69) is 15.5 Å². The molecule has 0 saturated carbocycles. The SMILES string of the molecule is CCn1ncc(/C=C/C(=O)Nc2cnn(CC)c2C(=O)N(C)C)c1C. The Labute approximate surface area is 147 Å². The predicted octanol–water partition coefficient (Wildman–Crippen LogP) is 1.78. The van der Waals surface area contributed by atoms with Gasteiger partial charge in [-0.2, -0.15) is 10.2 Å². The van der Waals surface area contributed by atoms with Crippen LogP contribution in [0.5, 0.6) is 0 Å². The monoisotopic (exact) mass is 344 g/mol. The maximum Gasteiger partial charge on any atom is 0.273 e.